The van der Waals surface area contributed by atoms with Crippen molar-refractivity contribution in [3.8, 4) is 5.75 Å². The van der Waals surface area contributed by atoms with Gasteiger partial charge in [0, 0.05) is 11.6 Å². The van der Waals surface area contributed by atoms with Crippen LogP contribution in [0.4, 0.5) is 0 Å². The smallest absolute Gasteiger partial charge is 0.227 e. The third-order valence-electron chi connectivity index (χ3n) is 4.15. The maximum absolute atomic E-state index is 12.6. The van der Waals surface area contributed by atoms with Crippen molar-refractivity contribution in [3.05, 3.63) is 64.7 Å². The zero-order valence-electron chi connectivity index (χ0n) is 13.6. The van der Waals surface area contributed by atoms with Gasteiger partial charge in [-0.15, -0.1) is 0 Å². The van der Waals surface area contributed by atoms with E-state index in [4.69, 9.17) is 21.1 Å². The molecule has 1 heterocycles. The number of ether oxygens (including phenoxy) is 2. The fourth-order valence-corrected chi connectivity index (χ4v) is 3.01. The number of halogens is 1. The van der Waals surface area contributed by atoms with Crippen molar-refractivity contribution in [2.75, 3.05) is 26.8 Å². The minimum atomic E-state index is -0.128. The molecule has 0 radical (unpaired) electrons. The highest BCUT2D eigenvalue weighted by Gasteiger charge is 2.25. The van der Waals surface area contributed by atoms with E-state index in [0.29, 0.717) is 31.1 Å². The van der Waals surface area contributed by atoms with E-state index >= 15 is 0 Å². The Morgan fingerprint density at radius 3 is 2.79 bits per heavy atom. The molecule has 1 atom stereocenters. The standard InChI is InChI=1S/C19H20ClNO3/c1-23-17-7-5-14(6-8-17)11-19(22)21-9-10-24-18(13-21)15-3-2-4-16(20)12-15/h2-8,12,18H,9-11,13H2,1H3. The van der Waals surface area contributed by atoms with E-state index in [1.807, 2.05) is 53.4 Å². The highest BCUT2D eigenvalue weighted by atomic mass is 35.5. The molecule has 5 heteroatoms. The lowest BCUT2D eigenvalue weighted by Gasteiger charge is -2.33. The number of nitrogens with zero attached hydrogens (tertiary/aromatic N) is 1. The van der Waals surface area contributed by atoms with Gasteiger partial charge in [-0.25, -0.2) is 0 Å². The molecule has 0 aromatic heterocycles. The van der Waals surface area contributed by atoms with Crippen LogP contribution >= 0.6 is 11.6 Å². The van der Waals surface area contributed by atoms with Crippen LogP contribution in [-0.4, -0.2) is 37.6 Å². The van der Waals surface area contributed by atoms with Crippen molar-refractivity contribution in [2.45, 2.75) is 12.5 Å². The fourth-order valence-electron chi connectivity index (χ4n) is 2.81. The second-order valence-corrected chi connectivity index (χ2v) is 6.22. The molecule has 0 saturated carbocycles. The van der Waals surface area contributed by atoms with Crippen molar-refractivity contribution in [1.82, 2.24) is 4.90 Å². The average molecular weight is 346 g/mol. The number of carbonyl (C=O) groups is 1. The summed E-state index contributed by atoms with van der Waals surface area (Å²) in [5.41, 5.74) is 1.98. The number of carbonyl (C=O) groups excluding carboxylic acids is 1. The largest absolute Gasteiger partial charge is 0.497 e. The van der Waals surface area contributed by atoms with Gasteiger partial charge in [-0.3, -0.25) is 4.79 Å². The van der Waals surface area contributed by atoms with Gasteiger partial charge in [0.25, 0.3) is 0 Å². The number of benzene rings is 2. The van der Waals surface area contributed by atoms with Crippen LogP contribution in [0.2, 0.25) is 5.02 Å². The first-order chi connectivity index (χ1) is 11.7. The lowest BCUT2D eigenvalue weighted by Crippen LogP contribution is -2.42. The van der Waals surface area contributed by atoms with Crippen molar-refractivity contribution in [2.24, 2.45) is 0 Å². The zero-order chi connectivity index (χ0) is 16.9. The van der Waals surface area contributed by atoms with E-state index in [1.165, 1.54) is 0 Å². The molecule has 2 aromatic carbocycles. The summed E-state index contributed by atoms with van der Waals surface area (Å²) in [6.07, 6.45) is 0.254. The summed E-state index contributed by atoms with van der Waals surface area (Å²) in [4.78, 5) is 14.4. The van der Waals surface area contributed by atoms with Crippen LogP contribution in [0, 0.1) is 0 Å². The number of hydrogen-bond donors (Lipinski definition) is 0. The van der Waals surface area contributed by atoms with Gasteiger partial charge in [0.1, 0.15) is 11.9 Å². The number of methoxy groups -OCH3 is 1. The van der Waals surface area contributed by atoms with Crippen LogP contribution in [0.3, 0.4) is 0 Å². The SMILES string of the molecule is COc1ccc(CC(=O)N2CCOC(c3cccc(Cl)c3)C2)cc1. The predicted octanol–water partition coefficient (Wildman–Crippen LogP) is 3.49. The minimum Gasteiger partial charge on any atom is -0.497 e. The number of amides is 1. The second-order valence-electron chi connectivity index (χ2n) is 5.78. The van der Waals surface area contributed by atoms with Gasteiger partial charge in [-0.05, 0) is 35.4 Å². The molecule has 1 fully saturated rings. The Hall–Kier alpha value is -2.04. The Kier molecular flexibility index (Phi) is 5.38. The van der Waals surface area contributed by atoms with Crippen LogP contribution in [0.15, 0.2) is 48.5 Å². The molecule has 0 N–H and O–H groups in total. The monoisotopic (exact) mass is 345 g/mol. The third-order valence-corrected chi connectivity index (χ3v) is 4.39. The molecule has 1 aliphatic heterocycles. The van der Waals surface area contributed by atoms with Gasteiger partial charge < -0.3 is 14.4 Å². The molecule has 1 unspecified atom stereocenters. The Bertz CT molecular complexity index is 702. The molecule has 0 spiro atoms. The first-order valence-electron chi connectivity index (χ1n) is 7.93. The van der Waals surface area contributed by atoms with E-state index in [0.717, 1.165) is 16.9 Å². The Morgan fingerprint density at radius 2 is 2.08 bits per heavy atom. The Balaban J connectivity index is 1.64. The summed E-state index contributed by atoms with van der Waals surface area (Å²) >= 11 is 6.05. The number of hydrogen-bond acceptors (Lipinski definition) is 3. The van der Waals surface area contributed by atoms with E-state index < -0.39 is 0 Å². The van der Waals surface area contributed by atoms with Crippen molar-refractivity contribution in [3.63, 3.8) is 0 Å². The lowest BCUT2D eigenvalue weighted by molar-refractivity contribution is -0.138. The van der Waals surface area contributed by atoms with Gasteiger partial charge in [0.2, 0.25) is 5.91 Å². The molecule has 2 aromatic rings. The summed E-state index contributed by atoms with van der Waals surface area (Å²) < 4.78 is 11.0. The Morgan fingerprint density at radius 1 is 1.29 bits per heavy atom. The first kappa shape index (κ1) is 16.8. The Labute approximate surface area is 146 Å². The molecule has 126 valence electrons. The maximum atomic E-state index is 12.6. The van der Waals surface area contributed by atoms with Crippen molar-refractivity contribution >= 4 is 17.5 Å². The molecule has 1 amide bonds. The van der Waals surface area contributed by atoms with Gasteiger partial charge >= 0.3 is 0 Å². The summed E-state index contributed by atoms with van der Waals surface area (Å²) in [5.74, 6) is 0.897. The summed E-state index contributed by atoms with van der Waals surface area (Å²) in [6.45, 7) is 1.70. The lowest BCUT2D eigenvalue weighted by atomic mass is 10.1. The van der Waals surface area contributed by atoms with Gasteiger partial charge in [0.05, 0.1) is 26.7 Å². The summed E-state index contributed by atoms with van der Waals surface area (Å²) in [7, 11) is 1.63. The predicted molar refractivity (Wildman–Crippen MR) is 93.4 cm³/mol. The van der Waals surface area contributed by atoms with Crippen LogP contribution in [0.5, 0.6) is 5.75 Å². The van der Waals surface area contributed by atoms with Gasteiger partial charge in [0.15, 0.2) is 0 Å². The zero-order valence-corrected chi connectivity index (χ0v) is 14.3. The minimum absolute atomic E-state index is 0.107. The third kappa shape index (κ3) is 4.08. The molecule has 1 aliphatic rings. The van der Waals surface area contributed by atoms with Crippen LogP contribution in [-0.2, 0) is 16.0 Å². The first-order valence-corrected chi connectivity index (χ1v) is 8.31. The van der Waals surface area contributed by atoms with Gasteiger partial charge in [-0.1, -0.05) is 35.9 Å². The maximum Gasteiger partial charge on any atom is 0.227 e. The highest BCUT2D eigenvalue weighted by molar-refractivity contribution is 6.30. The van der Waals surface area contributed by atoms with E-state index in [2.05, 4.69) is 0 Å². The van der Waals surface area contributed by atoms with Crippen molar-refractivity contribution < 1.29 is 14.3 Å². The van der Waals surface area contributed by atoms with E-state index in [-0.39, 0.29) is 12.0 Å². The molecular weight excluding hydrogens is 326 g/mol. The molecular formula is C19H20ClNO3. The van der Waals surface area contributed by atoms with Gasteiger partial charge in [-0.2, -0.15) is 0 Å². The molecule has 24 heavy (non-hydrogen) atoms. The van der Waals surface area contributed by atoms with Crippen LogP contribution in [0.1, 0.15) is 17.2 Å². The fraction of sp³-hybridized carbons (Fsp3) is 0.316. The number of morpholine rings is 1. The topological polar surface area (TPSA) is 38.8 Å². The highest BCUT2D eigenvalue weighted by Crippen LogP contribution is 2.25. The molecule has 4 nitrogen and oxygen atoms in total. The second kappa shape index (κ2) is 7.69. The molecule has 3 rings (SSSR count). The van der Waals surface area contributed by atoms with Crippen LogP contribution in [0.25, 0.3) is 0 Å². The van der Waals surface area contributed by atoms with E-state index in [1.54, 1.807) is 7.11 Å². The molecule has 0 aliphatic carbocycles. The summed E-state index contributed by atoms with van der Waals surface area (Å²) in [5, 5.41) is 0.679. The van der Waals surface area contributed by atoms with Crippen molar-refractivity contribution in [1.29, 1.82) is 0 Å². The van der Waals surface area contributed by atoms with E-state index in [9.17, 15) is 4.79 Å². The quantitative estimate of drug-likeness (QED) is 0.851. The molecule has 1 saturated heterocycles. The number of rotatable bonds is 4. The van der Waals surface area contributed by atoms with Crippen LogP contribution < -0.4 is 4.74 Å². The normalized spacial score (nSPS) is 17.6. The molecule has 0 bridgehead atoms. The average Bonchev–Trinajstić information content (AvgIpc) is 2.62. The summed E-state index contributed by atoms with van der Waals surface area (Å²) in [6, 6.07) is 15.2.